The highest BCUT2D eigenvalue weighted by Gasteiger charge is 2.30. The topological polar surface area (TPSA) is 98.3 Å². The van der Waals surface area contributed by atoms with E-state index < -0.39 is 16.4 Å². The Kier molecular flexibility index (Phi) is 5.55. The zero-order chi connectivity index (χ0) is 16.4. The van der Waals surface area contributed by atoms with Crippen molar-refractivity contribution in [2.45, 2.75) is 26.3 Å². The van der Waals surface area contributed by atoms with Crippen LogP contribution in [0.1, 0.15) is 31.1 Å². The van der Waals surface area contributed by atoms with Gasteiger partial charge in [0.15, 0.2) is 0 Å². The fraction of sp³-hybridized carbons (Fsp3) is 0.462. The number of nitro benzene ring substituents is 1. The third kappa shape index (κ3) is 3.84. The molecule has 1 aromatic carbocycles. The van der Waals surface area contributed by atoms with Crippen molar-refractivity contribution in [2.24, 2.45) is 11.7 Å². The van der Waals surface area contributed by atoms with Crippen molar-refractivity contribution in [3.8, 4) is 0 Å². The molecule has 0 aliphatic carbocycles. The molecule has 1 unspecified atom stereocenters. The van der Waals surface area contributed by atoms with Crippen LogP contribution in [0, 0.1) is 16.0 Å². The summed E-state index contributed by atoms with van der Waals surface area (Å²) in [5.41, 5.74) is 4.70. The molecule has 8 heteroatoms. The normalized spacial score (nSPS) is 13.9. The van der Waals surface area contributed by atoms with Gasteiger partial charge in [-0.1, -0.05) is 37.0 Å². The van der Waals surface area contributed by atoms with Crippen LogP contribution in [-0.4, -0.2) is 22.9 Å². The Labute approximate surface area is 132 Å². The van der Waals surface area contributed by atoms with Gasteiger partial charge < -0.3 is 11.1 Å². The van der Waals surface area contributed by atoms with E-state index in [2.05, 4.69) is 5.32 Å². The van der Waals surface area contributed by atoms with Crippen LogP contribution in [0.15, 0.2) is 12.1 Å². The fourth-order valence-corrected chi connectivity index (χ4v) is 2.01. The number of hydrogen-bond acceptors (Lipinski definition) is 4. The maximum atomic E-state index is 12.3. The summed E-state index contributed by atoms with van der Waals surface area (Å²) < 4.78 is 0. The van der Waals surface area contributed by atoms with Gasteiger partial charge >= 0.3 is 0 Å². The van der Waals surface area contributed by atoms with Crippen molar-refractivity contribution >= 4 is 34.8 Å². The highest BCUT2D eigenvalue weighted by atomic mass is 35.5. The second-order valence-electron chi connectivity index (χ2n) is 5.28. The van der Waals surface area contributed by atoms with Gasteiger partial charge in [-0.25, -0.2) is 0 Å². The third-order valence-electron chi connectivity index (χ3n) is 3.57. The molecule has 21 heavy (non-hydrogen) atoms. The molecule has 1 rings (SSSR count). The van der Waals surface area contributed by atoms with Crippen molar-refractivity contribution in [3.05, 3.63) is 37.9 Å². The second-order valence-corrected chi connectivity index (χ2v) is 6.06. The molecule has 0 radical (unpaired) electrons. The number of non-ortho nitro benzene ring substituents is 1. The van der Waals surface area contributed by atoms with Crippen LogP contribution < -0.4 is 11.1 Å². The van der Waals surface area contributed by atoms with Crippen molar-refractivity contribution in [1.82, 2.24) is 5.32 Å². The Morgan fingerprint density at radius 2 is 2.05 bits per heavy atom. The lowest BCUT2D eigenvalue weighted by molar-refractivity contribution is -0.384. The SMILES string of the molecule is CC(C)C(C)(CN)NC(=O)c1cc([N+](=O)[O-])cc(Cl)c1Cl. The number of benzene rings is 1. The van der Waals surface area contributed by atoms with Crippen LogP contribution in [0.3, 0.4) is 0 Å². The summed E-state index contributed by atoms with van der Waals surface area (Å²) in [4.78, 5) is 22.5. The van der Waals surface area contributed by atoms with E-state index in [9.17, 15) is 14.9 Å². The number of halogens is 2. The van der Waals surface area contributed by atoms with E-state index >= 15 is 0 Å². The lowest BCUT2D eigenvalue weighted by Gasteiger charge is -2.33. The predicted molar refractivity (Wildman–Crippen MR) is 82.9 cm³/mol. The van der Waals surface area contributed by atoms with Gasteiger partial charge in [0.1, 0.15) is 0 Å². The van der Waals surface area contributed by atoms with Gasteiger partial charge in [-0.15, -0.1) is 0 Å². The van der Waals surface area contributed by atoms with E-state index in [1.165, 1.54) is 0 Å². The van der Waals surface area contributed by atoms with E-state index in [1.54, 1.807) is 6.92 Å². The van der Waals surface area contributed by atoms with Gasteiger partial charge in [0.2, 0.25) is 0 Å². The number of carbonyl (C=O) groups is 1. The molecule has 3 N–H and O–H groups in total. The van der Waals surface area contributed by atoms with Crippen LogP contribution in [-0.2, 0) is 0 Å². The first kappa shape index (κ1) is 17.7. The summed E-state index contributed by atoms with van der Waals surface area (Å²) in [5.74, 6) is -0.480. The summed E-state index contributed by atoms with van der Waals surface area (Å²) in [6.45, 7) is 5.84. The minimum Gasteiger partial charge on any atom is -0.345 e. The molecule has 1 atom stereocenters. The Bertz CT molecular complexity index is 578. The lowest BCUT2D eigenvalue weighted by Crippen LogP contribution is -2.55. The zero-order valence-electron chi connectivity index (χ0n) is 11.9. The number of amides is 1. The molecule has 0 aliphatic rings. The molecule has 1 amide bonds. The minimum absolute atomic E-state index is 0.0251. The standard InChI is InChI=1S/C13H17Cl2N3O3/c1-7(2)13(3,6-16)17-12(19)9-4-8(18(20)21)5-10(14)11(9)15/h4-5,7H,6,16H2,1-3H3,(H,17,19). The number of nitrogens with one attached hydrogen (secondary N) is 1. The van der Waals surface area contributed by atoms with Crippen LogP contribution in [0.25, 0.3) is 0 Å². The smallest absolute Gasteiger partial charge is 0.271 e. The number of nitrogens with two attached hydrogens (primary N) is 1. The zero-order valence-corrected chi connectivity index (χ0v) is 13.5. The molecule has 0 aliphatic heterocycles. The van der Waals surface area contributed by atoms with E-state index in [0.717, 1.165) is 12.1 Å². The van der Waals surface area contributed by atoms with Crippen LogP contribution in [0.4, 0.5) is 5.69 Å². The molecule has 0 saturated heterocycles. The van der Waals surface area contributed by atoms with Gasteiger partial charge in [-0.05, 0) is 12.8 Å². The van der Waals surface area contributed by atoms with Crippen LogP contribution in [0.2, 0.25) is 10.0 Å². The molecule has 0 spiro atoms. The summed E-state index contributed by atoms with van der Waals surface area (Å²) >= 11 is 11.8. The molecular weight excluding hydrogens is 317 g/mol. The Hall–Kier alpha value is -1.37. The first-order valence-electron chi connectivity index (χ1n) is 6.28. The van der Waals surface area contributed by atoms with Crippen molar-refractivity contribution in [2.75, 3.05) is 6.54 Å². The summed E-state index contributed by atoms with van der Waals surface area (Å²) in [6, 6.07) is 2.20. The highest BCUT2D eigenvalue weighted by molar-refractivity contribution is 6.44. The van der Waals surface area contributed by atoms with Crippen molar-refractivity contribution < 1.29 is 9.72 Å². The summed E-state index contributed by atoms with van der Waals surface area (Å²) in [5, 5.41) is 13.5. The molecular formula is C13H17Cl2N3O3. The first-order chi connectivity index (χ1) is 9.62. The molecule has 116 valence electrons. The monoisotopic (exact) mass is 333 g/mol. The van der Waals surface area contributed by atoms with E-state index in [4.69, 9.17) is 28.9 Å². The molecule has 0 aromatic heterocycles. The van der Waals surface area contributed by atoms with Gasteiger partial charge in [-0.2, -0.15) is 0 Å². The Balaban J connectivity index is 3.21. The molecule has 0 saturated carbocycles. The van der Waals surface area contributed by atoms with E-state index in [1.807, 2.05) is 13.8 Å². The quantitative estimate of drug-likeness (QED) is 0.639. The Morgan fingerprint density at radius 3 is 2.48 bits per heavy atom. The second kappa shape index (κ2) is 6.60. The van der Waals surface area contributed by atoms with Crippen molar-refractivity contribution in [1.29, 1.82) is 0 Å². The molecule has 0 bridgehead atoms. The minimum atomic E-state index is -0.655. The predicted octanol–water partition coefficient (Wildman–Crippen LogP) is 3.00. The van der Waals surface area contributed by atoms with E-state index in [-0.39, 0.29) is 33.8 Å². The van der Waals surface area contributed by atoms with Gasteiger partial charge in [-0.3, -0.25) is 14.9 Å². The molecule has 0 heterocycles. The maximum Gasteiger partial charge on any atom is 0.271 e. The highest BCUT2D eigenvalue weighted by Crippen LogP contribution is 2.31. The van der Waals surface area contributed by atoms with Crippen molar-refractivity contribution in [3.63, 3.8) is 0 Å². The lowest BCUT2D eigenvalue weighted by atomic mass is 9.88. The van der Waals surface area contributed by atoms with Gasteiger partial charge in [0, 0.05) is 18.7 Å². The number of nitro groups is 1. The fourth-order valence-electron chi connectivity index (χ4n) is 1.60. The average molecular weight is 334 g/mol. The third-order valence-corrected chi connectivity index (χ3v) is 4.37. The number of nitrogens with zero attached hydrogens (tertiary/aromatic N) is 1. The largest absolute Gasteiger partial charge is 0.345 e. The summed E-state index contributed by atoms with van der Waals surface area (Å²) in [7, 11) is 0. The average Bonchev–Trinajstić information content (AvgIpc) is 2.40. The van der Waals surface area contributed by atoms with Crippen LogP contribution >= 0.6 is 23.2 Å². The van der Waals surface area contributed by atoms with Crippen LogP contribution in [0.5, 0.6) is 0 Å². The van der Waals surface area contributed by atoms with Gasteiger partial charge in [0.05, 0.1) is 26.1 Å². The number of hydrogen-bond donors (Lipinski definition) is 2. The summed E-state index contributed by atoms with van der Waals surface area (Å²) in [6.07, 6.45) is 0. The number of rotatable bonds is 5. The Morgan fingerprint density at radius 1 is 1.48 bits per heavy atom. The molecule has 0 fully saturated rings. The van der Waals surface area contributed by atoms with Gasteiger partial charge in [0.25, 0.3) is 11.6 Å². The molecule has 1 aromatic rings. The molecule has 6 nitrogen and oxygen atoms in total. The first-order valence-corrected chi connectivity index (χ1v) is 7.04. The van der Waals surface area contributed by atoms with E-state index in [0.29, 0.717) is 0 Å². The maximum absolute atomic E-state index is 12.3. The number of carbonyl (C=O) groups excluding carboxylic acids is 1.